The zero-order chi connectivity index (χ0) is 15.7. The van der Waals surface area contributed by atoms with E-state index in [2.05, 4.69) is 22.9 Å². The van der Waals surface area contributed by atoms with Gasteiger partial charge in [-0.25, -0.2) is 0 Å². The van der Waals surface area contributed by atoms with Gasteiger partial charge >= 0.3 is 0 Å². The van der Waals surface area contributed by atoms with Gasteiger partial charge in [0.1, 0.15) is 5.75 Å². The predicted octanol–water partition coefficient (Wildman–Crippen LogP) is 3.31. The first-order chi connectivity index (χ1) is 11.2. The van der Waals surface area contributed by atoms with E-state index in [1.165, 1.54) is 16.8 Å². The Hall–Kier alpha value is -1.30. The molecule has 3 fully saturated rings. The van der Waals surface area contributed by atoms with Crippen molar-refractivity contribution in [3.8, 4) is 5.75 Å². The number of H-pyrrole nitrogens is 1. The molecule has 1 unspecified atom stereocenters. The van der Waals surface area contributed by atoms with Crippen LogP contribution in [0.4, 0.5) is 0 Å². The van der Waals surface area contributed by atoms with E-state index in [0.717, 1.165) is 30.3 Å². The fraction of sp³-hybridized carbons (Fsp3) is 0.474. The van der Waals surface area contributed by atoms with Crippen molar-refractivity contribution in [2.75, 3.05) is 13.2 Å². The monoisotopic (exact) mass is 390 g/mol. The summed E-state index contributed by atoms with van der Waals surface area (Å²) < 4.78 is 0. The van der Waals surface area contributed by atoms with E-state index in [1.54, 1.807) is 6.07 Å². The van der Waals surface area contributed by atoms with E-state index in [9.17, 15) is 10.2 Å². The van der Waals surface area contributed by atoms with Crippen LogP contribution in [0.1, 0.15) is 30.6 Å². The molecule has 0 aliphatic carbocycles. The van der Waals surface area contributed by atoms with Crippen LogP contribution in [0.15, 0.2) is 29.8 Å². The Kier molecular flexibility index (Phi) is 3.79. The van der Waals surface area contributed by atoms with Crippen molar-refractivity contribution < 1.29 is 10.2 Å². The van der Waals surface area contributed by atoms with Crippen LogP contribution in [-0.4, -0.2) is 39.3 Å². The Morgan fingerprint density at radius 3 is 2.96 bits per heavy atom. The molecule has 0 spiro atoms. The van der Waals surface area contributed by atoms with Gasteiger partial charge in [0.15, 0.2) is 0 Å². The van der Waals surface area contributed by atoms with Crippen LogP contribution in [0.5, 0.6) is 5.75 Å². The van der Waals surface area contributed by atoms with Gasteiger partial charge in [0.2, 0.25) is 0 Å². The van der Waals surface area contributed by atoms with Crippen molar-refractivity contribution in [1.82, 2.24) is 9.88 Å². The topological polar surface area (TPSA) is 59.5 Å². The summed E-state index contributed by atoms with van der Waals surface area (Å²) >= 11 is 0. The molecule has 1 aromatic carbocycles. The van der Waals surface area contributed by atoms with E-state index in [4.69, 9.17) is 0 Å². The number of aromatic hydroxyl groups is 1. The smallest absolute Gasteiger partial charge is 0.116 e. The van der Waals surface area contributed by atoms with Crippen molar-refractivity contribution in [3.63, 3.8) is 0 Å². The normalized spacial score (nSPS) is 35.1. The third-order valence-electron chi connectivity index (χ3n) is 6.41. The van der Waals surface area contributed by atoms with Crippen LogP contribution in [0, 0.1) is 11.8 Å². The molecule has 3 saturated heterocycles. The number of aliphatic hydroxyl groups excluding tert-OH is 1. The minimum absolute atomic E-state index is 0. The van der Waals surface area contributed by atoms with Gasteiger partial charge in [0.25, 0.3) is 0 Å². The second-order valence-corrected chi connectivity index (χ2v) is 7.26. The number of nitrogens with zero attached hydrogens (tertiary/aromatic N) is 1. The summed E-state index contributed by atoms with van der Waals surface area (Å²) in [5.41, 5.74) is 5.29. The molecule has 1 aromatic heterocycles. The van der Waals surface area contributed by atoms with Gasteiger partial charge < -0.3 is 15.2 Å². The quantitative estimate of drug-likeness (QED) is 0.654. The van der Waals surface area contributed by atoms with Crippen LogP contribution >= 0.6 is 17.0 Å². The van der Waals surface area contributed by atoms with E-state index >= 15 is 0 Å². The van der Waals surface area contributed by atoms with Gasteiger partial charge in [-0.1, -0.05) is 11.6 Å². The Bertz CT molecular complexity index is 828. The van der Waals surface area contributed by atoms with Gasteiger partial charge in [-0.2, -0.15) is 0 Å². The molecule has 0 radical (unpaired) electrons. The number of piperidine rings is 3. The lowest BCUT2D eigenvalue weighted by atomic mass is 9.64. The molecule has 0 amide bonds. The summed E-state index contributed by atoms with van der Waals surface area (Å²) in [7, 11) is 0. The summed E-state index contributed by atoms with van der Waals surface area (Å²) in [5.74, 6) is 1.17. The van der Waals surface area contributed by atoms with Gasteiger partial charge in [0, 0.05) is 41.7 Å². The number of aromatic nitrogens is 1. The van der Waals surface area contributed by atoms with Crippen molar-refractivity contribution in [3.05, 3.63) is 41.1 Å². The van der Waals surface area contributed by atoms with E-state index in [-0.39, 0.29) is 23.6 Å². The molecule has 5 heterocycles. The number of allylic oxidation sites excluding steroid dienone is 1. The van der Waals surface area contributed by atoms with Gasteiger partial charge in [0.05, 0.1) is 6.04 Å². The number of hydrogen-bond donors (Lipinski definition) is 3. The highest BCUT2D eigenvalue weighted by Crippen LogP contribution is 2.54. The highest BCUT2D eigenvalue weighted by Gasteiger charge is 2.52. The van der Waals surface area contributed by atoms with Gasteiger partial charge in [-0.05, 0) is 49.4 Å². The number of phenols is 1. The van der Waals surface area contributed by atoms with E-state index in [1.807, 2.05) is 12.1 Å². The summed E-state index contributed by atoms with van der Waals surface area (Å²) in [6.45, 7) is 3.42. The van der Waals surface area contributed by atoms with Crippen LogP contribution in [0.3, 0.4) is 0 Å². The molecular weight excluding hydrogens is 368 g/mol. The Morgan fingerprint density at radius 1 is 1.38 bits per heavy atom. The average molecular weight is 391 g/mol. The molecule has 6 rings (SSSR count). The second-order valence-electron chi connectivity index (χ2n) is 7.26. The molecule has 4 nitrogen and oxygen atoms in total. The number of phenolic OH excluding ortho intramolecular Hbond substituents is 1. The van der Waals surface area contributed by atoms with Crippen LogP contribution in [0.2, 0.25) is 0 Å². The fourth-order valence-corrected chi connectivity index (χ4v) is 5.35. The molecule has 5 heteroatoms. The number of halogens is 1. The number of nitrogens with one attached hydrogen (secondary N) is 1. The first kappa shape index (κ1) is 16.2. The molecular formula is C19H23BrN2O2. The first-order valence-electron chi connectivity index (χ1n) is 8.56. The lowest BCUT2D eigenvalue weighted by Crippen LogP contribution is -2.60. The molecule has 4 aliphatic rings. The van der Waals surface area contributed by atoms with Crippen molar-refractivity contribution in [2.45, 2.75) is 31.8 Å². The first-order valence-corrected chi connectivity index (χ1v) is 8.56. The lowest BCUT2D eigenvalue weighted by molar-refractivity contribution is -0.0503. The average Bonchev–Trinajstić information content (AvgIpc) is 2.92. The second kappa shape index (κ2) is 5.61. The SMILES string of the molecule is Br.C/C=C1/CN2[C@H]3C[C@@H]1[C@@H](CO)[C@@H]2Cc1c3[nH]c2ccc(O)cc12. The lowest BCUT2D eigenvalue weighted by Gasteiger charge is -2.58. The Morgan fingerprint density at radius 2 is 2.21 bits per heavy atom. The molecule has 2 aromatic rings. The minimum atomic E-state index is 0. The molecule has 3 N–H and O–H groups in total. The van der Waals surface area contributed by atoms with Crippen LogP contribution < -0.4 is 0 Å². The largest absolute Gasteiger partial charge is 0.508 e. The number of aliphatic hydroxyl groups is 1. The van der Waals surface area contributed by atoms with Gasteiger partial charge in [-0.3, -0.25) is 4.90 Å². The molecule has 4 aliphatic heterocycles. The third-order valence-corrected chi connectivity index (χ3v) is 6.41. The standard InChI is InChI=1S/C19H22N2O2.BrH/c1-2-10-8-21-17-7-14-13-5-11(23)3-4-16(13)20-19(14)18(21)6-12(10)15(17)9-22;/h2-5,12,15,17-18,20,22-23H,6-9H2,1H3;1H/b10-2-;/t12-,15+,17-,18-;/m0./s1. The number of hydrogen-bond acceptors (Lipinski definition) is 3. The zero-order valence-corrected chi connectivity index (χ0v) is 15.4. The summed E-state index contributed by atoms with van der Waals surface area (Å²) in [5, 5.41) is 21.0. The van der Waals surface area contributed by atoms with Gasteiger partial charge in [-0.15, -0.1) is 17.0 Å². The Labute approximate surface area is 151 Å². The molecule has 5 atom stereocenters. The van der Waals surface area contributed by atoms with Crippen molar-refractivity contribution in [1.29, 1.82) is 0 Å². The van der Waals surface area contributed by atoms with E-state index < -0.39 is 0 Å². The van der Waals surface area contributed by atoms with Crippen LogP contribution in [-0.2, 0) is 6.42 Å². The maximum Gasteiger partial charge on any atom is 0.116 e. The number of benzene rings is 1. The highest BCUT2D eigenvalue weighted by molar-refractivity contribution is 8.93. The minimum Gasteiger partial charge on any atom is -0.508 e. The number of rotatable bonds is 1. The molecule has 128 valence electrons. The summed E-state index contributed by atoms with van der Waals surface area (Å²) in [4.78, 5) is 6.21. The van der Waals surface area contributed by atoms with Crippen molar-refractivity contribution >= 4 is 27.9 Å². The predicted molar refractivity (Wildman–Crippen MR) is 99.7 cm³/mol. The molecule has 4 bridgehead atoms. The summed E-state index contributed by atoms with van der Waals surface area (Å²) in [6.07, 6.45) is 4.31. The maximum absolute atomic E-state index is 9.99. The third kappa shape index (κ3) is 1.98. The number of aromatic amines is 1. The highest BCUT2D eigenvalue weighted by atomic mass is 79.9. The number of fused-ring (bicyclic) bond motifs is 4. The van der Waals surface area contributed by atoms with E-state index in [0.29, 0.717) is 29.7 Å². The maximum atomic E-state index is 9.99. The Balaban J connectivity index is 0.00000146. The van der Waals surface area contributed by atoms with Crippen LogP contribution in [0.25, 0.3) is 10.9 Å². The zero-order valence-electron chi connectivity index (χ0n) is 13.7. The molecule has 0 saturated carbocycles. The summed E-state index contributed by atoms with van der Waals surface area (Å²) in [6, 6.07) is 6.44. The van der Waals surface area contributed by atoms with Crippen molar-refractivity contribution in [2.24, 2.45) is 11.8 Å². The molecule has 24 heavy (non-hydrogen) atoms. The fourth-order valence-electron chi connectivity index (χ4n) is 5.35.